The van der Waals surface area contributed by atoms with Crippen molar-refractivity contribution < 1.29 is 18.9 Å². The molecule has 1 aliphatic carbocycles. The fraction of sp³-hybridized carbons (Fsp3) is 0.950. The molecule has 3 atom stereocenters. The van der Waals surface area contributed by atoms with Crippen LogP contribution in [-0.4, -0.2) is 59.0 Å². The second-order valence-corrected chi connectivity index (χ2v) is 17.9. The second-order valence-electron chi connectivity index (χ2n) is 11.1. The van der Waals surface area contributed by atoms with Crippen molar-refractivity contribution in [3.05, 3.63) is 0 Å². The van der Waals surface area contributed by atoms with Crippen LogP contribution in [0, 0.1) is 5.41 Å². The molecule has 1 amide bonds. The predicted molar refractivity (Wildman–Crippen MR) is 117 cm³/mol. The van der Waals surface area contributed by atoms with E-state index in [0.717, 1.165) is 25.7 Å². The summed E-state index contributed by atoms with van der Waals surface area (Å²) in [6.07, 6.45) is 2.68. The molecule has 2 N–H and O–H groups in total. The Bertz CT molecular complexity index is 566. The Labute approximate surface area is 175 Å². The van der Waals surface area contributed by atoms with Gasteiger partial charge in [-0.05, 0) is 70.0 Å². The number of hydrogen-bond acceptors (Lipinski definition) is 4. The first-order chi connectivity index (χ1) is 12.6. The third-order valence-electron chi connectivity index (χ3n) is 6.97. The standard InChI is InChI=1S/C20H40N2O4SSi/c1-18(2,3)27(25)21-16-13-15(26-28(7,8)19(4,5)6)14-20(16)9-11-22(12-10-20)17(23)24/h15-16,21H,9-14H2,1-8H3,(H,23,24)/t15?,16?,27-/m1/s1. The van der Waals surface area contributed by atoms with Crippen molar-refractivity contribution in [2.24, 2.45) is 5.41 Å². The Kier molecular flexibility index (Phi) is 6.94. The molecule has 6 nitrogen and oxygen atoms in total. The number of amides is 1. The minimum atomic E-state index is -1.90. The highest BCUT2D eigenvalue weighted by molar-refractivity contribution is 7.90. The maximum absolute atomic E-state index is 12.8. The number of carboxylic acid groups (broad SMARTS) is 1. The first-order valence-corrected chi connectivity index (χ1v) is 14.5. The van der Waals surface area contributed by atoms with Crippen molar-refractivity contribution in [3.63, 3.8) is 0 Å². The van der Waals surface area contributed by atoms with Crippen LogP contribution in [0.3, 0.4) is 0 Å². The van der Waals surface area contributed by atoms with Gasteiger partial charge in [0, 0.05) is 30.6 Å². The second kappa shape index (κ2) is 8.10. The summed E-state index contributed by atoms with van der Waals surface area (Å²) in [4.78, 5) is 12.9. The van der Waals surface area contributed by atoms with Crippen LogP contribution in [0.15, 0.2) is 0 Å². The Morgan fingerprint density at radius 3 is 2.18 bits per heavy atom. The Hall–Kier alpha value is -0.283. The lowest BCUT2D eigenvalue weighted by molar-refractivity contribution is 0.0730. The molecule has 2 fully saturated rings. The molecular formula is C20H40N2O4SSi. The predicted octanol–water partition coefficient (Wildman–Crippen LogP) is 4.35. The molecular weight excluding hydrogens is 392 g/mol. The number of hydrogen-bond donors (Lipinski definition) is 2. The van der Waals surface area contributed by atoms with Gasteiger partial charge in [0.05, 0.1) is 6.04 Å². The van der Waals surface area contributed by atoms with Crippen molar-refractivity contribution >= 4 is 25.8 Å². The van der Waals surface area contributed by atoms with E-state index in [1.807, 2.05) is 20.8 Å². The summed E-state index contributed by atoms with van der Waals surface area (Å²) < 4.78 is 22.7. The molecule has 2 rings (SSSR count). The fourth-order valence-electron chi connectivity index (χ4n) is 4.05. The maximum Gasteiger partial charge on any atom is 0.407 e. The Morgan fingerprint density at radius 1 is 1.21 bits per heavy atom. The fourth-order valence-corrected chi connectivity index (χ4v) is 6.37. The van der Waals surface area contributed by atoms with Crippen LogP contribution in [0.5, 0.6) is 0 Å². The lowest BCUT2D eigenvalue weighted by atomic mass is 9.74. The zero-order chi connectivity index (χ0) is 21.5. The summed E-state index contributed by atoms with van der Waals surface area (Å²) in [5, 5.41) is 9.47. The van der Waals surface area contributed by atoms with Gasteiger partial charge in [0.2, 0.25) is 0 Å². The van der Waals surface area contributed by atoms with Gasteiger partial charge in [0.1, 0.15) is 4.75 Å². The Morgan fingerprint density at radius 2 is 1.75 bits per heavy atom. The van der Waals surface area contributed by atoms with Gasteiger partial charge < -0.3 is 19.0 Å². The number of carbonyl (C=O) groups is 1. The highest BCUT2D eigenvalue weighted by Gasteiger charge is 2.53. The summed E-state index contributed by atoms with van der Waals surface area (Å²) in [5.41, 5.74) is -0.0418. The monoisotopic (exact) mass is 432 g/mol. The molecule has 0 aromatic carbocycles. The highest BCUT2D eigenvalue weighted by Crippen LogP contribution is 2.50. The van der Waals surface area contributed by atoms with Gasteiger partial charge in [-0.1, -0.05) is 20.8 Å². The van der Waals surface area contributed by atoms with Gasteiger partial charge in [-0.25, -0.2) is 4.79 Å². The van der Waals surface area contributed by atoms with Crippen molar-refractivity contribution in [1.82, 2.24) is 9.62 Å². The van der Waals surface area contributed by atoms with Crippen LogP contribution in [0.1, 0.15) is 67.2 Å². The zero-order valence-corrected chi connectivity index (χ0v) is 20.7. The maximum atomic E-state index is 12.8. The van der Waals surface area contributed by atoms with Gasteiger partial charge >= 0.3 is 6.09 Å². The van der Waals surface area contributed by atoms with Crippen LogP contribution in [0.4, 0.5) is 4.79 Å². The lowest BCUT2D eigenvalue weighted by Crippen LogP contribution is -2.53. The van der Waals surface area contributed by atoms with Crippen LogP contribution >= 0.6 is 0 Å². The molecule has 1 heterocycles. The van der Waals surface area contributed by atoms with Crippen LogP contribution in [0.2, 0.25) is 18.1 Å². The van der Waals surface area contributed by atoms with Gasteiger partial charge in [-0.3, -0.25) is 0 Å². The smallest absolute Gasteiger partial charge is 0.407 e. The van der Waals surface area contributed by atoms with E-state index in [1.54, 1.807) is 0 Å². The molecule has 8 heteroatoms. The van der Waals surface area contributed by atoms with Crippen LogP contribution in [0.25, 0.3) is 0 Å². The largest absolute Gasteiger partial charge is 0.598 e. The number of piperidine rings is 1. The molecule has 2 aliphatic rings. The SMILES string of the molecule is CC(C)(C)[S@@+]([O-])NC1CC(O[Si](C)(C)C(C)(C)C)CC12CCN(C(=O)O)CC2. The van der Waals surface area contributed by atoms with E-state index in [4.69, 9.17) is 4.43 Å². The molecule has 1 saturated heterocycles. The van der Waals surface area contributed by atoms with E-state index in [1.165, 1.54) is 4.90 Å². The van der Waals surface area contributed by atoms with Crippen molar-refractivity contribution in [3.8, 4) is 0 Å². The van der Waals surface area contributed by atoms with Gasteiger partial charge in [0.15, 0.2) is 8.32 Å². The van der Waals surface area contributed by atoms with Crippen molar-refractivity contribution in [2.75, 3.05) is 13.1 Å². The van der Waals surface area contributed by atoms with E-state index >= 15 is 0 Å². The number of nitrogens with one attached hydrogen (secondary N) is 1. The van der Waals surface area contributed by atoms with E-state index < -0.39 is 25.8 Å². The molecule has 0 bridgehead atoms. The quantitative estimate of drug-likeness (QED) is 0.509. The van der Waals surface area contributed by atoms with Crippen LogP contribution < -0.4 is 4.72 Å². The molecule has 0 aromatic rings. The molecule has 1 spiro atoms. The molecule has 1 saturated carbocycles. The summed E-state index contributed by atoms with van der Waals surface area (Å²) in [6.45, 7) is 18.3. The minimum absolute atomic E-state index is 0.0418. The summed E-state index contributed by atoms with van der Waals surface area (Å²) in [7, 11) is -1.90. The third kappa shape index (κ3) is 5.25. The first-order valence-electron chi connectivity index (χ1n) is 10.4. The molecule has 0 aromatic heterocycles. The Balaban J connectivity index is 2.19. The van der Waals surface area contributed by atoms with Gasteiger partial charge in [0.25, 0.3) is 0 Å². The highest BCUT2D eigenvalue weighted by atomic mass is 32.2. The minimum Gasteiger partial charge on any atom is -0.598 e. The topological polar surface area (TPSA) is 84.9 Å². The van der Waals surface area contributed by atoms with E-state index in [9.17, 15) is 14.5 Å². The molecule has 2 unspecified atom stereocenters. The van der Waals surface area contributed by atoms with Crippen molar-refractivity contribution in [1.29, 1.82) is 0 Å². The molecule has 28 heavy (non-hydrogen) atoms. The van der Waals surface area contributed by atoms with Gasteiger partial charge in [-0.15, -0.1) is 4.72 Å². The zero-order valence-electron chi connectivity index (χ0n) is 18.9. The number of rotatable bonds is 4. The molecule has 164 valence electrons. The van der Waals surface area contributed by atoms with Crippen molar-refractivity contribution in [2.45, 2.75) is 102 Å². The normalized spacial score (nSPS) is 27.2. The van der Waals surface area contributed by atoms with Crippen LogP contribution in [-0.2, 0) is 15.8 Å². The average molecular weight is 433 g/mol. The summed E-state index contributed by atoms with van der Waals surface area (Å²) in [6, 6.07) is 0.0956. The van der Waals surface area contributed by atoms with E-state index in [0.29, 0.717) is 13.1 Å². The van der Waals surface area contributed by atoms with Gasteiger partial charge in [-0.2, -0.15) is 0 Å². The first kappa shape index (κ1) is 24.0. The van der Waals surface area contributed by atoms with E-state index in [2.05, 4.69) is 38.6 Å². The summed E-state index contributed by atoms with van der Waals surface area (Å²) in [5.74, 6) is 0. The third-order valence-corrected chi connectivity index (χ3v) is 13.1. The average Bonchev–Trinajstić information content (AvgIpc) is 2.81. The number of nitrogens with zero attached hydrogens (tertiary/aromatic N) is 1. The summed E-state index contributed by atoms with van der Waals surface area (Å²) >= 11 is -1.15. The molecule has 1 aliphatic heterocycles. The molecule has 0 radical (unpaired) electrons. The lowest BCUT2D eigenvalue weighted by Gasteiger charge is -2.43. The van der Waals surface area contributed by atoms with E-state index in [-0.39, 0.29) is 27.3 Å². The number of likely N-dealkylation sites (tertiary alicyclic amines) is 1.